The predicted molar refractivity (Wildman–Crippen MR) is 74.2 cm³/mol. The van der Waals surface area contributed by atoms with E-state index in [0.29, 0.717) is 10.5 Å². The Hall–Kier alpha value is -1.52. The number of benzene rings is 2. The molecule has 4 heteroatoms. The fourth-order valence-electron chi connectivity index (χ4n) is 1.80. The number of aliphatic hydroxyl groups excluding tert-OH is 1. The lowest BCUT2D eigenvalue weighted by molar-refractivity contribution is 0.191. The second-order valence-corrected chi connectivity index (χ2v) is 5.22. The fourth-order valence-corrected chi connectivity index (χ4v) is 2.90. The molecule has 0 aliphatic rings. The molecule has 0 aliphatic heterocycles. The predicted octanol–water partition coefficient (Wildman–Crippen LogP) is 4.04. The molecule has 0 saturated carbocycles. The third-order valence-electron chi connectivity index (χ3n) is 2.70. The van der Waals surface area contributed by atoms with Gasteiger partial charge in [0.2, 0.25) is 0 Å². The molecule has 2 rings (SSSR count). The van der Waals surface area contributed by atoms with Crippen molar-refractivity contribution in [1.29, 1.82) is 0 Å². The van der Waals surface area contributed by atoms with E-state index in [2.05, 4.69) is 0 Å². The molecule has 0 saturated heterocycles. The van der Waals surface area contributed by atoms with E-state index < -0.39 is 6.10 Å². The molecule has 1 atom stereocenters. The quantitative estimate of drug-likeness (QED) is 0.915. The van der Waals surface area contributed by atoms with Crippen LogP contribution in [0.15, 0.2) is 52.3 Å². The second kappa shape index (κ2) is 6.08. The van der Waals surface area contributed by atoms with Crippen molar-refractivity contribution < 1.29 is 14.2 Å². The summed E-state index contributed by atoms with van der Waals surface area (Å²) in [7, 11) is 1.60. The molecule has 0 unspecified atom stereocenters. The van der Waals surface area contributed by atoms with E-state index in [-0.39, 0.29) is 5.82 Å². The Morgan fingerprint density at radius 1 is 1.21 bits per heavy atom. The van der Waals surface area contributed by atoms with E-state index in [0.717, 1.165) is 10.6 Å². The molecule has 0 heterocycles. The van der Waals surface area contributed by atoms with Crippen molar-refractivity contribution in [2.24, 2.45) is 0 Å². The van der Waals surface area contributed by atoms with Crippen molar-refractivity contribution in [1.82, 2.24) is 0 Å². The first kappa shape index (κ1) is 13.9. The van der Waals surface area contributed by atoms with Gasteiger partial charge in [0, 0.05) is 15.4 Å². The maximum atomic E-state index is 13.8. The van der Waals surface area contributed by atoms with E-state index >= 15 is 0 Å². The standard InChI is InChI=1S/C15H15FO2S/c1-10(17)15-13(16)7-4-8-14(15)19-12-6-3-5-11(9-12)18-2/h3-10,17H,1-2H3/t10-/m1/s1. The normalized spacial score (nSPS) is 12.2. The van der Waals surface area contributed by atoms with Crippen molar-refractivity contribution in [3.8, 4) is 5.75 Å². The summed E-state index contributed by atoms with van der Waals surface area (Å²) in [5.74, 6) is 0.364. The van der Waals surface area contributed by atoms with Gasteiger partial charge in [0.05, 0.1) is 13.2 Å². The van der Waals surface area contributed by atoms with Gasteiger partial charge in [0.1, 0.15) is 11.6 Å². The van der Waals surface area contributed by atoms with E-state index in [1.807, 2.05) is 24.3 Å². The lowest BCUT2D eigenvalue weighted by atomic mass is 10.1. The van der Waals surface area contributed by atoms with Crippen LogP contribution in [0.4, 0.5) is 4.39 Å². The van der Waals surface area contributed by atoms with Gasteiger partial charge in [-0.15, -0.1) is 0 Å². The smallest absolute Gasteiger partial charge is 0.130 e. The molecule has 0 aliphatic carbocycles. The molecule has 2 aromatic rings. The van der Waals surface area contributed by atoms with Crippen LogP contribution >= 0.6 is 11.8 Å². The Labute approximate surface area is 116 Å². The zero-order chi connectivity index (χ0) is 13.8. The van der Waals surface area contributed by atoms with Crippen LogP contribution in [-0.4, -0.2) is 12.2 Å². The van der Waals surface area contributed by atoms with Gasteiger partial charge in [-0.3, -0.25) is 0 Å². The van der Waals surface area contributed by atoms with Crippen LogP contribution in [0.2, 0.25) is 0 Å². The minimum Gasteiger partial charge on any atom is -0.497 e. The van der Waals surface area contributed by atoms with E-state index in [9.17, 15) is 9.50 Å². The van der Waals surface area contributed by atoms with Crippen LogP contribution in [0.1, 0.15) is 18.6 Å². The minimum atomic E-state index is -0.839. The number of methoxy groups -OCH3 is 1. The van der Waals surface area contributed by atoms with E-state index in [4.69, 9.17) is 4.74 Å². The molecule has 1 N–H and O–H groups in total. The van der Waals surface area contributed by atoms with Gasteiger partial charge in [-0.05, 0) is 37.3 Å². The largest absolute Gasteiger partial charge is 0.497 e. The second-order valence-electron chi connectivity index (χ2n) is 4.11. The average Bonchev–Trinajstić information content (AvgIpc) is 2.38. The van der Waals surface area contributed by atoms with Crippen molar-refractivity contribution in [3.05, 3.63) is 53.8 Å². The molecule has 0 amide bonds. The first-order valence-electron chi connectivity index (χ1n) is 5.90. The van der Waals surface area contributed by atoms with Crippen LogP contribution < -0.4 is 4.74 Å². The molecular formula is C15H15FO2S. The number of rotatable bonds is 4. The Balaban J connectivity index is 2.35. The number of halogens is 1. The summed E-state index contributed by atoms with van der Waals surface area (Å²) < 4.78 is 18.9. The summed E-state index contributed by atoms with van der Waals surface area (Å²) in [5, 5.41) is 9.69. The zero-order valence-corrected chi connectivity index (χ0v) is 11.6. The van der Waals surface area contributed by atoms with Gasteiger partial charge in [-0.25, -0.2) is 4.39 Å². The third kappa shape index (κ3) is 3.28. The zero-order valence-electron chi connectivity index (χ0n) is 10.8. The fraction of sp³-hybridized carbons (Fsp3) is 0.200. The minimum absolute atomic E-state index is 0.329. The van der Waals surface area contributed by atoms with Gasteiger partial charge in [0.15, 0.2) is 0 Å². The van der Waals surface area contributed by atoms with Gasteiger partial charge in [-0.2, -0.15) is 0 Å². The van der Waals surface area contributed by atoms with Gasteiger partial charge >= 0.3 is 0 Å². The summed E-state index contributed by atoms with van der Waals surface area (Å²) in [6.45, 7) is 1.56. The summed E-state index contributed by atoms with van der Waals surface area (Å²) in [6, 6.07) is 12.3. The Bertz CT molecular complexity index is 570. The summed E-state index contributed by atoms with van der Waals surface area (Å²) in [5.41, 5.74) is 0.329. The van der Waals surface area contributed by atoms with E-state index in [1.54, 1.807) is 26.2 Å². The highest BCUT2D eigenvalue weighted by molar-refractivity contribution is 7.99. The Morgan fingerprint density at radius 2 is 1.95 bits per heavy atom. The third-order valence-corrected chi connectivity index (χ3v) is 3.77. The SMILES string of the molecule is COc1cccc(Sc2cccc(F)c2[C@@H](C)O)c1. The molecule has 100 valence electrons. The molecule has 19 heavy (non-hydrogen) atoms. The molecule has 2 nitrogen and oxygen atoms in total. The van der Waals surface area contributed by atoms with E-state index in [1.165, 1.54) is 17.8 Å². The van der Waals surface area contributed by atoms with Crippen molar-refractivity contribution in [2.75, 3.05) is 7.11 Å². The lowest BCUT2D eigenvalue weighted by Gasteiger charge is -2.12. The molecule has 0 fully saturated rings. The Kier molecular flexibility index (Phi) is 4.45. The Morgan fingerprint density at radius 3 is 2.63 bits per heavy atom. The van der Waals surface area contributed by atoms with Crippen molar-refractivity contribution in [2.45, 2.75) is 22.8 Å². The van der Waals surface area contributed by atoms with Crippen molar-refractivity contribution in [3.63, 3.8) is 0 Å². The molecule has 0 bridgehead atoms. The van der Waals surface area contributed by atoms with Crippen LogP contribution in [0.5, 0.6) is 5.75 Å². The highest BCUT2D eigenvalue weighted by atomic mass is 32.2. The number of ether oxygens (including phenoxy) is 1. The van der Waals surface area contributed by atoms with Crippen molar-refractivity contribution >= 4 is 11.8 Å². The monoisotopic (exact) mass is 278 g/mol. The van der Waals surface area contributed by atoms with Crippen LogP contribution in [-0.2, 0) is 0 Å². The first-order valence-corrected chi connectivity index (χ1v) is 6.72. The maximum Gasteiger partial charge on any atom is 0.130 e. The first-order chi connectivity index (χ1) is 9.11. The van der Waals surface area contributed by atoms with Gasteiger partial charge in [-0.1, -0.05) is 23.9 Å². The maximum absolute atomic E-state index is 13.8. The summed E-state index contributed by atoms with van der Waals surface area (Å²) in [6.07, 6.45) is -0.839. The molecular weight excluding hydrogens is 263 g/mol. The highest BCUT2D eigenvalue weighted by Crippen LogP contribution is 2.35. The lowest BCUT2D eigenvalue weighted by Crippen LogP contribution is -1.98. The molecule has 0 spiro atoms. The topological polar surface area (TPSA) is 29.5 Å². The van der Waals surface area contributed by atoms with Gasteiger partial charge < -0.3 is 9.84 Å². The summed E-state index contributed by atoms with van der Waals surface area (Å²) >= 11 is 1.41. The van der Waals surface area contributed by atoms with Gasteiger partial charge in [0.25, 0.3) is 0 Å². The number of hydrogen-bond acceptors (Lipinski definition) is 3. The summed E-state index contributed by atoms with van der Waals surface area (Å²) in [4.78, 5) is 1.65. The molecule has 2 aromatic carbocycles. The number of aliphatic hydroxyl groups is 1. The van der Waals surface area contributed by atoms with Crippen LogP contribution in [0, 0.1) is 5.82 Å². The van der Waals surface area contributed by atoms with Crippen LogP contribution in [0.3, 0.4) is 0 Å². The number of hydrogen-bond donors (Lipinski definition) is 1. The van der Waals surface area contributed by atoms with Crippen LogP contribution in [0.25, 0.3) is 0 Å². The average molecular weight is 278 g/mol. The highest BCUT2D eigenvalue weighted by Gasteiger charge is 2.14. The molecule has 0 radical (unpaired) electrons. The molecule has 0 aromatic heterocycles.